The zero-order valence-corrected chi connectivity index (χ0v) is 21.5. The second-order valence-electron chi connectivity index (χ2n) is 7.45. The van der Waals surface area contributed by atoms with Crippen LogP contribution in [0.15, 0.2) is 69.5 Å². The first kappa shape index (κ1) is 26.6. The van der Waals surface area contributed by atoms with Crippen LogP contribution in [0.3, 0.4) is 0 Å². The van der Waals surface area contributed by atoms with E-state index in [1.54, 1.807) is 24.5 Å². The Balaban J connectivity index is 0.00000342. The quantitative estimate of drug-likeness (QED) is 0.375. The highest BCUT2D eigenvalue weighted by Gasteiger charge is 2.20. The Morgan fingerprint density at radius 3 is 2.43 bits per heavy atom. The summed E-state index contributed by atoms with van der Waals surface area (Å²) >= 11 is 6.83. The van der Waals surface area contributed by atoms with Gasteiger partial charge >= 0.3 is 5.69 Å². The molecular formula is C22H20Cl2N4O5S2. The van der Waals surface area contributed by atoms with Crippen LogP contribution in [-0.2, 0) is 22.9 Å². The summed E-state index contributed by atoms with van der Waals surface area (Å²) in [5.74, 6) is -0.841. The number of thiazole rings is 1. The molecule has 0 aliphatic carbocycles. The van der Waals surface area contributed by atoms with Crippen molar-refractivity contribution in [2.45, 2.75) is 24.9 Å². The summed E-state index contributed by atoms with van der Waals surface area (Å²) in [5.41, 5.74) is -0.190. The monoisotopic (exact) mass is 554 g/mol. The van der Waals surface area contributed by atoms with Crippen LogP contribution in [0, 0.1) is 6.92 Å². The molecule has 4 rings (SSSR count). The first-order valence-corrected chi connectivity index (χ1v) is 12.9. The molecule has 0 saturated carbocycles. The Kier molecular flexibility index (Phi) is 8.16. The molecule has 3 aromatic heterocycles. The summed E-state index contributed by atoms with van der Waals surface area (Å²) in [4.78, 5) is 43.0. The minimum absolute atomic E-state index is 0. The lowest BCUT2D eigenvalue weighted by atomic mass is 10.3. The highest BCUT2D eigenvalue weighted by molar-refractivity contribution is 7.91. The maximum atomic E-state index is 13.0. The number of rotatable bonds is 7. The first-order valence-electron chi connectivity index (χ1n) is 10.1. The molecule has 3 heterocycles. The highest BCUT2D eigenvalue weighted by atomic mass is 35.5. The van der Waals surface area contributed by atoms with Gasteiger partial charge in [0.1, 0.15) is 9.71 Å². The molecule has 1 N–H and O–H groups in total. The predicted octanol–water partition coefficient (Wildman–Crippen LogP) is 2.71. The van der Waals surface area contributed by atoms with Crippen LogP contribution in [-0.4, -0.2) is 34.0 Å². The number of aryl methyl sites for hydroxylation is 1. The van der Waals surface area contributed by atoms with Crippen LogP contribution in [0.4, 0.5) is 0 Å². The van der Waals surface area contributed by atoms with E-state index >= 15 is 0 Å². The third-order valence-corrected chi connectivity index (χ3v) is 8.35. The standard InChI is InChI=1S/C22H19ClN4O5S2.ClH/c1-14-20(29)26(10-11-34(31,32)17-4-2-16(23)3-5-17)22(30)27-13-18(33-21(14)27)19(28)25-12-15-6-8-24-9-7-15;/h2-9,13H,10-12H2,1H3,(H,25,28);1H. The van der Waals surface area contributed by atoms with Crippen molar-refractivity contribution in [1.82, 2.24) is 19.3 Å². The molecule has 0 aliphatic heterocycles. The number of amides is 1. The topological polar surface area (TPSA) is 120 Å². The molecule has 0 saturated heterocycles. The van der Waals surface area contributed by atoms with E-state index in [-0.39, 0.29) is 40.8 Å². The van der Waals surface area contributed by atoms with Crippen molar-refractivity contribution in [3.05, 3.63) is 96.9 Å². The minimum Gasteiger partial charge on any atom is -0.347 e. The fourth-order valence-electron chi connectivity index (χ4n) is 3.31. The Bertz CT molecular complexity index is 1600. The van der Waals surface area contributed by atoms with Gasteiger partial charge in [-0.2, -0.15) is 0 Å². The zero-order chi connectivity index (χ0) is 24.5. The number of sulfone groups is 1. The van der Waals surface area contributed by atoms with Gasteiger partial charge in [0.05, 0.1) is 10.6 Å². The van der Waals surface area contributed by atoms with Crippen LogP contribution in [0.2, 0.25) is 5.02 Å². The number of carbonyl (C=O) groups is 1. The van der Waals surface area contributed by atoms with Gasteiger partial charge in [0.15, 0.2) is 9.84 Å². The lowest BCUT2D eigenvalue weighted by Crippen LogP contribution is -2.39. The smallest absolute Gasteiger partial charge is 0.336 e. The molecule has 0 aliphatic rings. The van der Waals surface area contributed by atoms with Crippen LogP contribution >= 0.6 is 35.3 Å². The van der Waals surface area contributed by atoms with Crippen molar-refractivity contribution in [2.75, 3.05) is 5.75 Å². The summed E-state index contributed by atoms with van der Waals surface area (Å²) in [6.45, 7) is 1.49. The third kappa shape index (κ3) is 5.64. The minimum atomic E-state index is -3.75. The largest absolute Gasteiger partial charge is 0.347 e. The molecule has 0 unspecified atom stereocenters. The summed E-state index contributed by atoms with van der Waals surface area (Å²) in [6, 6.07) is 9.20. The number of nitrogens with zero attached hydrogens (tertiary/aromatic N) is 3. The number of hydrogen-bond donors (Lipinski definition) is 1. The van der Waals surface area contributed by atoms with Crippen molar-refractivity contribution in [3.8, 4) is 0 Å². The van der Waals surface area contributed by atoms with E-state index in [1.165, 1.54) is 41.8 Å². The Morgan fingerprint density at radius 1 is 1.11 bits per heavy atom. The lowest BCUT2D eigenvalue weighted by Gasteiger charge is -2.08. The number of pyridine rings is 1. The zero-order valence-electron chi connectivity index (χ0n) is 18.3. The molecule has 0 atom stereocenters. The molecule has 13 heteroatoms. The highest BCUT2D eigenvalue weighted by Crippen LogP contribution is 2.19. The molecule has 0 radical (unpaired) electrons. The fraction of sp³-hybridized carbons (Fsp3) is 0.182. The fourth-order valence-corrected chi connectivity index (χ4v) is 5.65. The number of aromatic nitrogens is 3. The van der Waals surface area contributed by atoms with E-state index in [0.717, 1.165) is 21.5 Å². The number of hydrogen-bond acceptors (Lipinski definition) is 7. The van der Waals surface area contributed by atoms with Gasteiger partial charge < -0.3 is 5.32 Å². The number of halogens is 2. The number of fused-ring (bicyclic) bond motifs is 1. The van der Waals surface area contributed by atoms with Crippen LogP contribution in [0.5, 0.6) is 0 Å². The maximum Gasteiger partial charge on any atom is 0.336 e. The first-order chi connectivity index (χ1) is 16.2. The average Bonchev–Trinajstić information content (AvgIpc) is 3.28. The SMILES string of the molecule is Cc1c(=O)n(CCS(=O)(=O)c2ccc(Cl)cc2)c(=O)n2cc(C(=O)NCc3ccncc3)sc12.Cl. The van der Waals surface area contributed by atoms with Crippen LogP contribution in [0.25, 0.3) is 4.83 Å². The van der Waals surface area contributed by atoms with Crippen molar-refractivity contribution in [3.63, 3.8) is 0 Å². The molecular weight excluding hydrogens is 535 g/mol. The summed E-state index contributed by atoms with van der Waals surface area (Å²) < 4.78 is 27.4. The van der Waals surface area contributed by atoms with Gasteiger partial charge in [0, 0.05) is 42.3 Å². The Hall–Kier alpha value is -2.99. The average molecular weight is 555 g/mol. The lowest BCUT2D eigenvalue weighted by molar-refractivity contribution is 0.0954. The predicted molar refractivity (Wildman–Crippen MR) is 137 cm³/mol. The maximum absolute atomic E-state index is 13.0. The Morgan fingerprint density at radius 2 is 1.77 bits per heavy atom. The molecule has 4 aromatic rings. The van der Waals surface area contributed by atoms with Gasteiger partial charge in [-0.1, -0.05) is 11.6 Å². The summed E-state index contributed by atoms with van der Waals surface area (Å²) in [7, 11) is -3.75. The molecule has 0 spiro atoms. The molecule has 35 heavy (non-hydrogen) atoms. The number of benzene rings is 1. The normalized spacial score (nSPS) is 11.3. The van der Waals surface area contributed by atoms with E-state index in [4.69, 9.17) is 11.6 Å². The van der Waals surface area contributed by atoms with E-state index in [1.807, 2.05) is 0 Å². The van der Waals surface area contributed by atoms with Gasteiger partial charge in [0.25, 0.3) is 11.5 Å². The molecule has 0 bridgehead atoms. The third-order valence-electron chi connectivity index (χ3n) is 5.18. The summed E-state index contributed by atoms with van der Waals surface area (Å²) in [5, 5.41) is 3.16. The van der Waals surface area contributed by atoms with Gasteiger partial charge in [-0.25, -0.2) is 13.2 Å². The molecule has 1 aromatic carbocycles. The summed E-state index contributed by atoms with van der Waals surface area (Å²) in [6.07, 6.45) is 4.60. The van der Waals surface area contributed by atoms with Gasteiger partial charge in [-0.05, 0) is 48.9 Å². The number of nitrogens with one attached hydrogen (secondary N) is 1. The molecule has 0 fully saturated rings. The van der Waals surface area contributed by atoms with Crippen molar-refractivity contribution in [1.29, 1.82) is 0 Å². The van der Waals surface area contributed by atoms with Crippen LogP contribution in [0.1, 0.15) is 20.8 Å². The molecule has 9 nitrogen and oxygen atoms in total. The van der Waals surface area contributed by atoms with Crippen molar-refractivity contribution < 1.29 is 13.2 Å². The van der Waals surface area contributed by atoms with E-state index in [9.17, 15) is 22.8 Å². The molecule has 184 valence electrons. The van der Waals surface area contributed by atoms with Gasteiger partial charge in [-0.15, -0.1) is 23.7 Å². The van der Waals surface area contributed by atoms with Gasteiger partial charge in [0.2, 0.25) is 0 Å². The van der Waals surface area contributed by atoms with E-state index in [0.29, 0.717) is 9.85 Å². The Labute approximate surface area is 215 Å². The van der Waals surface area contributed by atoms with Crippen LogP contribution < -0.4 is 16.6 Å². The van der Waals surface area contributed by atoms with Crippen molar-refractivity contribution in [2.24, 2.45) is 0 Å². The second-order valence-corrected chi connectivity index (χ2v) is 11.0. The van der Waals surface area contributed by atoms with Crippen molar-refractivity contribution >= 4 is 55.9 Å². The van der Waals surface area contributed by atoms with E-state index < -0.39 is 32.7 Å². The van der Waals surface area contributed by atoms with E-state index in [2.05, 4.69) is 10.3 Å². The van der Waals surface area contributed by atoms with Gasteiger partial charge in [-0.3, -0.25) is 23.5 Å². The second kappa shape index (κ2) is 10.7. The number of carbonyl (C=O) groups excluding carboxylic acids is 1. The molecule has 1 amide bonds.